The van der Waals surface area contributed by atoms with Crippen LogP contribution < -0.4 is 4.90 Å². The molecule has 3 heteroatoms. The van der Waals surface area contributed by atoms with E-state index in [4.69, 9.17) is 0 Å². The lowest BCUT2D eigenvalue weighted by Gasteiger charge is -2.18. The number of para-hydroxylation sites is 1. The Kier molecular flexibility index (Phi) is 4.75. The summed E-state index contributed by atoms with van der Waals surface area (Å²) >= 11 is 0. The first-order valence-electron chi connectivity index (χ1n) is 8.52. The maximum atomic E-state index is 12.8. The topological polar surface area (TPSA) is 25.2 Å². The maximum Gasteiger partial charge on any atom is 0.183 e. The van der Waals surface area contributed by atoms with Gasteiger partial charge < -0.3 is 9.47 Å². The molecule has 2 aromatic carbocycles. The van der Waals surface area contributed by atoms with Crippen LogP contribution in [0.2, 0.25) is 0 Å². The van der Waals surface area contributed by atoms with Gasteiger partial charge in [0.25, 0.3) is 0 Å². The smallest absolute Gasteiger partial charge is 0.183 e. The number of Topliss-reactive ketones (excluding diaryl/α,β-unsaturated/α-hetero) is 1. The van der Waals surface area contributed by atoms with Crippen molar-refractivity contribution >= 4 is 11.5 Å². The molecule has 0 aliphatic rings. The molecule has 0 bridgehead atoms. The lowest BCUT2D eigenvalue weighted by atomic mass is 10.1. The third-order valence-corrected chi connectivity index (χ3v) is 4.60. The molecule has 128 valence electrons. The molecule has 0 aliphatic heterocycles. The molecular formula is C22H24N2O. The Bertz CT molecular complexity index is 876. The van der Waals surface area contributed by atoms with Crippen LogP contribution in [0.1, 0.15) is 27.3 Å². The van der Waals surface area contributed by atoms with Crippen LogP contribution >= 0.6 is 0 Å². The Hall–Kier alpha value is -2.81. The van der Waals surface area contributed by atoms with E-state index in [1.807, 2.05) is 62.2 Å². The molecule has 0 atom stereocenters. The minimum atomic E-state index is 0.137. The highest BCUT2D eigenvalue weighted by Gasteiger charge is 2.18. The average molecular weight is 332 g/mol. The van der Waals surface area contributed by atoms with Gasteiger partial charge in [0.15, 0.2) is 5.78 Å². The number of rotatable bonds is 5. The van der Waals surface area contributed by atoms with Crippen molar-refractivity contribution in [2.75, 3.05) is 18.5 Å². The summed E-state index contributed by atoms with van der Waals surface area (Å²) in [6.45, 7) is 6.50. The van der Waals surface area contributed by atoms with Crippen molar-refractivity contribution < 1.29 is 4.79 Å². The zero-order chi connectivity index (χ0) is 18.0. The van der Waals surface area contributed by atoms with Crippen LogP contribution in [0, 0.1) is 20.8 Å². The Labute approximate surface area is 149 Å². The van der Waals surface area contributed by atoms with E-state index >= 15 is 0 Å². The Morgan fingerprint density at radius 1 is 0.960 bits per heavy atom. The summed E-state index contributed by atoms with van der Waals surface area (Å²) in [7, 11) is 1.95. The van der Waals surface area contributed by atoms with Crippen LogP contribution in [0.5, 0.6) is 0 Å². The van der Waals surface area contributed by atoms with Gasteiger partial charge in [0.2, 0.25) is 0 Å². The van der Waals surface area contributed by atoms with E-state index in [0.717, 1.165) is 28.3 Å². The second-order valence-electron chi connectivity index (χ2n) is 6.57. The molecule has 0 saturated carbocycles. The fourth-order valence-corrected chi connectivity index (χ4v) is 3.21. The molecule has 0 saturated heterocycles. The van der Waals surface area contributed by atoms with E-state index in [1.54, 1.807) is 0 Å². The van der Waals surface area contributed by atoms with Gasteiger partial charge in [0.1, 0.15) is 0 Å². The SMILES string of the molecule is Cc1ccc(-n2c(C)cc(C(=O)CN(C)c3ccccc3)c2C)cc1. The molecule has 0 aliphatic carbocycles. The van der Waals surface area contributed by atoms with Crippen LogP contribution in [0.3, 0.4) is 0 Å². The zero-order valence-corrected chi connectivity index (χ0v) is 15.3. The molecule has 3 rings (SSSR count). The predicted molar refractivity (Wildman–Crippen MR) is 104 cm³/mol. The number of aromatic nitrogens is 1. The molecule has 0 spiro atoms. The second-order valence-corrected chi connectivity index (χ2v) is 6.57. The van der Waals surface area contributed by atoms with E-state index in [9.17, 15) is 4.79 Å². The number of nitrogens with zero attached hydrogens (tertiary/aromatic N) is 2. The highest BCUT2D eigenvalue weighted by Crippen LogP contribution is 2.22. The van der Waals surface area contributed by atoms with E-state index in [2.05, 4.69) is 35.8 Å². The molecular weight excluding hydrogens is 308 g/mol. The Balaban J connectivity index is 1.87. The number of carbonyl (C=O) groups excluding carboxylic acids is 1. The standard InChI is InChI=1S/C22H24N2O/c1-16-10-12-20(13-11-16)24-17(2)14-21(18(24)3)22(25)15-23(4)19-8-6-5-7-9-19/h5-14H,15H2,1-4H3. The monoisotopic (exact) mass is 332 g/mol. The summed E-state index contributed by atoms with van der Waals surface area (Å²) in [6.07, 6.45) is 0. The van der Waals surface area contributed by atoms with Gasteiger partial charge in [0.05, 0.1) is 6.54 Å². The first-order valence-corrected chi connectivity index (χ1v) is 8.52. The number of ketones is 1. The lowest BCUT2D eigenvalue weighted by molar-refractivity contribution is 0.1000. The van der Waals surface area contributed by atoms with Crippen molar-refractivity contribution in [3.63, 3.8) is 0 Å². The second kappa shape index (κ2) is 6.98. The van der Waals surface area contributed by atoms with Crippen molar-refractivity contribution in [3.05, 3.63) is 83.2 Å². The fraction of sp³-hybridized carbons (Fsp3) is 0.227. The van der Waals surface area contributed by atoms with Gasteiger partial charge >= 0.3 is 0 Å². The fourth-order valence-electron chi connectivity index (χ4n) is 3.21. The summed E-state index contributed by atoms with van der Waals surface area (Å²) in [5, 5.41) is 0. The Morgan fingerprint density at radius 3 is 2.24 bits per heavy atom. The zero-order valence-electron chi connectivity index (χ0n) is 15.3. The first-order chi connectivity index (χ1) is 12.0. The molecule has 3 aromatic rings. The lowest BCUT2D eigenvalue weighted by Crippen LogP contribution is -2.25. The molecule has 25 heavy (non-hydrogen) atoms. The van der Waals surface area contributed by atoms with Gasteiger partial charge in [-0.3, -0.25) is 4.79 Å². The van der Waals surface area contributed by atoms with Crippen LogP contribution in [0.15, 0.2) is 60.7 Å². The highest BCUT2D eigenvalue weighted by molar-refractivity contribution is 6.00. The summed E-state index contributed by atoms with van der Waals surface area (Å²) in [4.78, 5) is 14.8. The van der Waals surface area contributed by atoms with Crippen molar-refractivity contribution in [2.45, 2.75) is 20.8 Å². The average Bonchev–Trinajstić information content (AvgIpc) is 2.91. The summed E-state index contributed by atoms with van der Waals surface area (Å²) in [6, 6.07) is 20.4. The largest absolute Gasteiger partial charge is 0.367 e. The normalized spacial score (nSPS) is 10.7. The molecule has 0 N–H and O–H groups in total. The van der Waals surface area contributed by atoms with Gasteiger partial charge in [-0.15, -0.1) is 0 Å². The number of hydrogen-bond donors (Lipinski definition) is 0. The Morgan fingerprint density at radius 2 is 1.60 bits per heavy atom. The predicted octanol–water partition coefficient (Wildman–Crippen LogP) is 4.72. The third-order valence-electron chi connectivity index (χ3n) is 4.60. The van der Waals surface area contributed by atoms with Crippen LogP contribution in [-0.2, 0) is 0 Å². The minimum absolute atomic E-state index is 0.137. The summed E-state index contributed by atoms with van der Waals surface area (Å²) < 4.78 is 2.15. The van der Waals surface area contributed by atoms with Crippen LogP contribution in [0.4, 0.5) is 5.69 Å². The van der Waals surface area contributed by atoms with Crippen LogP contribution in [0.25, 0.3) is 5.69 Å². The summed E-state index contributed by atoms with van der Waals surface area (Å²) in [5.74, 6) is 0.137. The molecule has 0 fully saturated rings. The van der Waals surface area contributed by atoms with Gasteiger partial charge in [-0.1, -0.05) is 35.9 Å². The maximum absolute atomic E-state index is 12.8. The van der Waals surface area contributed by atoms with Crippen molar-refractivity contribution in [1.82, 2.24) is 4.57 Å². The molecule has 0 amide bonds. The molecule has 0 unspecified atom stereocenters. The van der Waals surface area contributed by atoms with Gasteiger partial charge in [-0.05, 0) is 51.1 Å². The van der Waals surface area contributed by atoms with E-state index < -0.39 is 0 Å². The number of likely N-dealkylation sites (N-methyl/N-ethyl adjacent to an activating group) is 1. The van der Waals surface area contributed by atoms with Crippen LogP contribution in [-0.4, -0.2) is 23.9 Å². The third kappa shape index (κ3) is 3.50. The van der Waals surface area contributed by atoms with Gasteiger partial charge in [0, 0.05) is 35.4 Å². The molecule has 0 radical (unpaired) electrons. The first kappa shape index (κ1) is 17.0. The quantitative estimate of drug-likeness (QED) is 0.632. The van der Waals surface area contributed by atoms with Gasteiger partial charge in [-0.25, -0.2) is 0 Å². The number of anilines is 1. The van der Waals surface area contributed by atoms with Crippen molar-refractivity contribution in [1.29, 1.82) is 0 Å². The molecule has 1 aromatic heterocycles. The highest BCUT2D eigenvalue weighted by atomic mass is 16.1. The molecule has 3 nitrogen and oxygen atoms in total. The molecule has 1 heterocycles. The van der Waals surface area contributed by atoms with E-state index in [1.165, 1.54) is 5.56 Å². The van der Waals surface area contributed by atoms with Gasteiger partial charge in [-0.2, -0.15) is 0 Å². The number of benzene rings is 2. The number of hydrogen-bond acceptors (Lipinski definition) is 2. The van der Waals surface area contributed by atoms with Crippen molar-refractivity contribution in [3.8, 4) is 5.69 Å². The summed E-state index contributed by atoms with van der Waals surface area (Å²) in [5.41, 5.74) is 6.23. The van der Waals surface area contributed by atoms with E-state index in [0.29, 0.717) is 6.54 Å². The minimum Gasteiger partial charge on any atom is -0.367 e. The van der Waals surface area contributed by atoms with Crippen molar-refractivity contribution in [2.24, 2.45) is 0 Å². The van der Waals surface area contributed by atoms with E-state index in [-0.39, 0.29) is 5.78 Å². The number of carbonyl (C=O) groups is 1. The number of aryl methyl sites for hydroxylation is 2.